The molecule has 1 amide bonds. The number of aryl methyl sites for hydroxylation is 1. The predicted molar refractivity (Wildman–Crippen MR) is 109 cm³/mol. The Kier molecular flexibility index (Phi) is 6.77. The van der Waals surface area contributed by atoms with Gasteiger partial charge >= 0.3 is 0 Å². The molecule has 0 aliphatic heterocycles. The zero-order valence-corrected chi connectivity index (χ0v) is 17.0. The molecule has 28 heavy (non-hydrogen) atoms. The Hall–Kier alpha value is -2.72. The maximum absolute atomic E-state index is 12.3. The molecule has 0 fully saturated rings. The van der Waals surface area contributed by atoms with E-state index in [-0.39, 0.29) is 16.5 Å². The SMILES string of the molecule is CCCc1cc(=O)[nH]c(SCc2nnc(C(=O)Nc3ccc(OC)cc3)s2)n1. The van der Waals surface area contributed by atoms with Crippen LogP contribution in [0.4, 0.5) is 5.69 Å². The lowest BCUT2D eigenvalue weighted by atomic mass is 10.2. The molecule has 0 radical (unpaired) electrons. The fourth-order valence-electron chi connectivity index (χ4n) is 2.33. The minimum Gasteiger partial charge on any atom is -0.497 e. The predicted octanol–water partition coefficient (Wildman–Crippen LogP) is 3.13. The van der Waals surface area contributed by atoms with Crippen molar-refractivity contribution in [2.45, 2.75) is 30.7 Å². The van der Waals surface area contributed by atoms with Gasteiger partial charge in [0.25, 0.3) is 11.5 Å². The Morgan fingerprint density at radius 2 is 2.07 bits per heavy atom. The first-order chi connectivity index (χ1) is 13.6. The molecule has 2 heterocycles. The fraction of sp³-hybridized carbons (Fsp3) is 0.278. The number of aromatic nitrogens is 4. The van der Waals surface area contributed by atoms with E-state index in [0.29, 0.717) is 27.4 Å². The number of amides is 1. The van der Waals surface area contributed by atoms with E-state index in [4.69, 9.17) is 4.74 Å². The van der Waals surface area contributed by atoms with Gasteiger partial charge in [0, 0.05) is 17.4 Å². The topological polar surface area (TPSA) is 110 Å². The van der Waals surface area contributed by atoms with Gasteiger partial charge < -0.3 is 15.0 Å². The first-order valence-electron chi connectivity index (χ1n) is 8.58. The van der Waals surface area contributed by atoms with Gasteiger partial charge in [-0.05, 0) is 30.7 Å². The quantitative estimate of drug-likeness (QED) is 0.428. The number of hydrogen-bond donors (Lipinski definition) is 2. The standard InChI is InChI=1S/C18H19N5O3S2/c1-3-4-12-9-14(24)21-18(20-12)27-10-15-22-23-17(28-15)16(25)19-11-5-7-13(26-2)8-6-11/h5-9H,3-4,10H2,1-2H3,(H,19,25)(H,20,21,24). The Morgan fingerprint density at radius 1 is 1.29 bits per heavy atom. The number of methoxy groups -OCH3 is 1. The van der Waals surface area contributed by atoms with Crippen LogP contribution in [-0.2, 0) is 12.2 Å². The van der Waals surface area contributed by atoms with Gasteiger partial charge in [0.05, 0.1) is 12.9 Å². The van der Waals surface area contributed by atoms with Crippen LogP contribution in [0, 0.1) is 0 Å². The van der Waals surface area contributed by atoms with Crippen LogP contribution < -0.4 is 15.6 Å². The number of benzene rings is 1. The third-order valence-corrected chi connectivity index (χ3v) is 5.61. The summed E-state index contributed by atoms with van der Waals surface area (Å²) in [6, 6.07) is 8.54. The van der Waals surface area contributed by atoms with Gasteiger partial charge in [-0.1, -0.05) is 36.4 Å². The second-order valence-corrected chi connectivity index (χ2v) is 7.79. The average molecular weight is 418 g/mol. The lowest BCUT2D eigenvalue weighted by Gasteiger charge is -2.04. The van der Waals surface area contributed by atoms with Gasteiger partial charge in [0.1, 0.15) is 10.8 Å². The second kappa shape index (κ2) is 9.47. The van der Waals surface area contributed by atoms with Crippen molar-refractivity contribution in [2.24, 2.45) is 0 Å². The average Bonchev–Trinajstić information content (AvgIpc) is 3.16. The van der Waals surface area contributed by atoms with Crippen molar-refractivity contribution in [1.82, 2.24) is 20.2 Å². The molecule has 0 aliphatic carbocycles. The molecule has 0 bridgehead atoms. The monoisotopic (exact) mass is 417 g/mol. The van der Waals surface area contributed by atoms with Gasteiger partial charge in [-0.15, -0.1) is 10.2 Å². The van der Waals surface area contributed by atoms with Crippen LogP contribution in [0.2, 0.25) is 0 Å². The van der Waals surface area contributed by atoms with Crippen molar-refractivity contribution in [3.05, 3.63) is 56.4 Å². The zero-order chi connectivity index (χ0) is 19.9. The molecule has 2 aromatic heterocycles. The number of nitrogens with zero attached hydrogens (tertiary/aromatic N) is 3. The number of thioether (sulfide) groups is 1. The highest BCUT2D eigenvalue weighted by molar-refractivity contribution is 7.98. The van der Waals surface area contributed by atoms with Crippen LogP contribution in [0.5, 0.6) is 5.75 Å². The molecule has 1 aromatic carbocycles. The highest BCUT2D eigenvalue weighted by Gasteiger charge is 2.14. The van der Waals surface area contributed by atoms with Crippen LogP contribution in [0.25, 0.3) is 0 Å². The molecule has 0 aliphatic rings. The molecule has 2 N–H and O–H groups in total. The largest absolute Gasteiger partial charge is 0.497 e. The molecule has 10 heteroatoms. The van der Waals surface area contributed by atoms with E-state index in [1.165, 1.54) is 29.2 Å². The van der Waals surface area contributed by atoms with E-state index in [2.05, 4.69) is 25.5 Å². The van der Waals surface area contributed by atoms with Crippen LogP contribution in [0.15, 0.2) is 40.3 Å². The number of carbonyl (C=O) groups excluding carboxylic acids is 1. The molecule has 0 atom stereocenters. The van der Waals surface area contributed by atoms with E-state index >= 15 is 0 Å². The Labute approximate surface area is 169 Å². The summed E-state index contributed by atoms with van der Waals surface area (Å²) in [6.07, 6.45) is 1.68. The van der Waals surface area contributed by atoms with Crippen molar-refractivity contribution >= 4 is 34.7 Å². The molecular formula is C18H19N5O3S2. The normalized spacial score (nSPS) is 10.6. The van der Waals surface area contributed by atoms with Crippen LogP contribution in [0.1, 0.15) is 33.8 Å². The first-order valence-corrected chi connectivity index (χ1v) is 10.4. The molecule has 0 unspecified atom stereocenters. The van der Waals surface area contributed by atoms with Crippen molar-refractivity contribution < 1.29 is 9.53 Å². The zero-order valence-electron chi connectivity index (χ0n) is 15.4. The van der Waals surface area contributed by atoms with Gasteiger partial charge in [0.15, 0.2) is 5.16 Å². The summed E-state index contributed by atoms with van der Waals surface area (Å²) in [5, 5.41) is 12.3. The Bertz CT molecular complexity index is 1000. The Morgan fingerprint density at radius 3 is 2.79 bits per heavy atom. The molecule has 0 spiro atoms. The van der Waals surface area contributed by atoms with E-state index in [0.717, 1.165) is 18.5 Å². The van der Waals surface area contributed by atoms with Crippen molar-refractivity contribution in [3.63, 3.8) is 0 Å². The number of rotatable bonds is 8. The van der Waals surface area contributed by atoms with Crippen LogP contribution in [-0.4, -0.2) is 33.2 Å². The first kappa shape index (κ1) is 20.0. The van der Waals surface area contributed by atoms with Gasteiger partial charge in [0.2, 0.25) is 5.01 Å². The molecule has 0 saturated carbocycles. The van der Waals surface area contributed by atoms with Gasteiger partial charge in [-0.25, -0.2) is 4.98 Å². The fourth-order valence-corrected chi connectivity index (χ4v) is 3.94. The smallest absolute Gasteiger partial charge is 0.286 e. The third-order valence-electron chi connectivity index (χ3n) is 3.62. The van der Waals surface area contributed by atoms with E-state index in [1.54, 1.807) is 31.4 Å². The molecule has 0 saturated heterocycles. The highest BCUT2D eigenvalue weighted by atomic mass is 32.2. The summed E-state index contributed by atoms with van der Waals surface area (Å²) in [5.41, 5.74) is 1.25. The lowest BCUT2D eigenvalue weighted by Crippen LogP contribution is -2.11. The number of H-pyrrole nitrogens is 1. The van der Waals surface area contributed by atoms with Gasteiger partial charge in [-0.2, -0.15) is 0 Å². The van der Waals surface area contributed by atoms with E-state index in [1.807, 2.05) is 6.92 Å². The van der Waals surface area contributed by atoms with Crippen molar-refractivity contribution in [1.29, 1.82) is 0 Å². The molecule has 8 nitrogen and oxygen atoms in total. The Balaban J connectivity index is 1.60. The molecule has 146 valence electrons. The second-order valence-electron chi connectivity index (χ2n) is 5.76. The summed E-state index contributed by atoms with van der Waals surface area (Å²) < 4.78 is 5.09. The van der Waals surface area contributed by atoms with E-state index in [9.17, 15) is 9.59 Å². The molecule has 3 aromatic rings. The minimum atomic E-state index is -0.324. The number of hydrogen-bond acceptors (Lipinski definition) is 8. The van der Waals surface area contributed by atoms with Crippen LogP contribution >= 0.6 is 23.1 Å². The van der Waals surface area contributed by atoms with Crippen molar-refractivity contribution in [3.8, 4) is 5.75 Å². The molecular weight excluding hydrogens is 398 g/mol. The number of anilines is 1. The maximum Gasteiger partial charge on any atom is 0.286 e. The van der Waals surface area contributed by atoms with Gasteiger partial charge in [-0.3, -0.25) is 9.59 Å². The highest BCUT2D eigenvalue weighted by Crippen LogP contribution is 2.22. The maximum atomic E-state index is 12.3. The minimum absolute atomic E-state index is 0.169. The summed E-state index contributed by atoms with van der Waals surface area (Å²) in [4.78, 5) is 31.2. The summed E-state index contributed by atoms with van der Waals surface area (Å²) in [6.45, 7) is 2.04. The lowest BCUT2D eigenvalue weighted by molar-refractivity contribution is 0.102. The number of ether oxygens (including phenoxy) is 1. The number of aromatic amines is 1. The van der Waals surface area contributed by atoms with E-state index < -0.39 is 0 Å². The summed E-state index contributed by atoms with van der Waals surface area (Å²) in [7, 11) is 1.58. The molecule has 3 rings (SSSR count). The summed E-state index contributed by atoms with van der Waals surface area (Å²) >= 11 is 2.56. The third kappa shape index (κ3) is 5.40. The van der Waals surface area contributed by atoms with Crippen molar-refractivity contribution in [2.75, 3.05) is 12.4 Å². The summed E-state index contributed by atoms with van der Waals surface area (Å²) in [5.74, 6) is 0.852. The number of carbonyl (C=O) groups is 1. The van der Waals surface area contributed by atoms with Crippen LogP contribution in [0.3, 0.4) is 0 Å². The number of nitrogens with one attached hydrogen (secondary N) is 2.